The lowest BCUT2D eigenvalue weighted by Crippen LogP contribution is -2.42. The van der Waals surface area contributed by atoms with Gasteiger partial charge in [-0.3, -0.25) is 5.32 Å². The molecular formula is C27H30N5O+. The van der Waals surface area contributed by atoms with Crippen LogP contribution in [0.4, 0.5) is 17.2 Å². The first-order valence-electron chi connectivity index (χ1n) is 11.0. The Morgan fingerprint density at radius 2 is 1.33 bits per heavy atom. The molecule has 0 aliphatic carbocycles. The van der Waals surface area contributed by atoms with Crippen LogP contribution in [0.5, 0.6) is 0 Å². The van der Waals surface area contributed by atoms with E-state index in [4.69, 9.17) is 4.98 Å². The molecule has 3 aromatic rings. The van der Waals surface area contributed by atoms with Gasteiger partial charge >= 0.3 is 11.7 Å². The quantitative estimate of drug-likeness (QED) is 0.580. The largest absolute Gasteiger partial charge is 0.378 e. The number of nitrogens with one attached hydrogen (secondary N) is 1. The monoisotopic (exact) mass is 440 g/mol. The summed E-state index contributed by atoms with van der Waals surface area (Å²) in [6.45, 7) is 1.87. The van der Waals surface area contributed by atoms with Crippen LogP contribution >= 0.6 is 0 Å². The van der Waals surface area contributed by atoms with Crippen molar-refractivity contribution in [2.45, 2.75) is 13.0 Å². The minimum Gasteiger partial charge on any atom is -0.378 e. The number of hydrogen-bond donors (Lipinski definition) is 1. The molecule has 1 aliphatic rings. The van der Waals surface area contributed by atoms with Crippen molar-refractivity contribution < 1.29 is 9.36 Å². The third-order valence-electron chi connectivity index (χ3n) is 5.65. The maximum absolute atomic E-state index is 12.7. The van der Waals surface area contributed by atoms with Crippen LogP contribution in [0, 0.1) is 0 Å². The van der Waals surface area contributed by atoms with Gasteiger partial charge in [-0.1, -0.05) is 36.4 Å². The van der Waals surface area contributed by atoms with Gasteiger partial charge in [-0.2, -0.15) is 4.57 Å². The van der Waals surface area contributed by atoms with Crippen molar-refractivity contribution in [3.8, 4) is 0 Å². The lowest BCUT2D eigenvalue weighted by Gasteiger charge is -2.11. The molecule has 0 saturated carbocycles. The number of hydrogen-bond acceptors (Lipinski definition) is 5. The highest BCUT2D eigenvalue weighted by atomic mass is 16.2. The topological polar surface area (TPSA) is 52.4 Å². The van der Waals surface area contributed by atoms with Gasteiger partial charge in [0.05, 0.1) is 0 Å². The first-order valence-corrected chi connectivity index (χ1v) is 11.0. The summed E-state index contributed by atoms with van der Waals surface area (Å²) in [4.78, 5) is 21.6. The van der Waals surface area contributed by atoms with Gasteiger partial charge in [-0.15, -0.1) is 0 Å². The lowest BCUT2D eigenvalue weighted by atomic mass is 10.1. The van der Waals surface area contributed by atoms with Crippen LogP contribution in [0.25, 0.3) is 24.3 Å². The third-order valence-corrected chi connectivity index (χ3v) is 5.65. The Labute approximate surface area is 195 Å². The Hall–Kier alpha value is -3.93. The molecule has 1 N–H and O–H groups in total. The molecule has 6 heteroatoms. The predicted octanol–water partition coefficient (Wildman–Crippen LogP) is 4.30. The summed E-state index contributed by atoms with van der Waals surface area (Å²) in [5, 5.41) is 3.26. The molecule has 168 valence electrons. The second-order valence-electron chi connectivity index (χ2n) is 8.61. The van der Waals surface area contributed by atoms with E-state index in [0.29, 0.717) is 0 Å². The van der Waals surface area contributed by atoms with Crippen molar-refractivity contribution in [1.82, 2.24) is 4.98 Å². The fourth-order valence-corrected chi connectivity index (χ4v) is 3.65. The van der Waals surface area contributed by atoms with E-state index in [1.54, 1.807) is 10.8 Å². The highest BCUT2D eigenvalue weighted by molar-refractivity contribution is 5.84. The first-order chi connectivity index (χ1) is 15.8. The van der Waals surface area contributed by atoms with Gasteiger partial charge in [0, 0.05) is 39.6 Å². The summed E-state index contributed by atoms with van der Waals surface area (Å²) in [7, 11) is 8.09. The molecule has 33 heavy (non-hydrogen) atoms. The lowest BCUT2D eigenvalue weighted by molar-refractivity contribution is -0.553. The predicted molar refractivity (Wildman–Crippen MR) is 138 cm³/mol. The summed E-state index contributed by atoms with van der Waals surface area (Å²) in [6, 6.07) is 16.3. The summed E-state index contributed by atoms with van der Waals surface area (Å²) in [5.74, 6) is 0.739. The van der Waals surface area contributed by atoms with E-state index in [-0.39, 0.29) is 11.9 Å². The smallest absolute Gasteiger partial charge is 0.358 e. The Morgan fingerprint density at radius 1 is 0.818 bits per heavy atom. The van der Waals surface area contributed by atoms with E-state index >= 15 is 0 Å². The second-order valence-corrected chi connectivity index (χ2v) is 8.61. The van der Waals surface area contributed by atoms with Crippen molar-refractivity contribution in [3.05, 3.63) is 77.2 Å². The molecule has 2 heterocycles. The van der Waals surface area contributed by atoms with E-state index < -0.39 is 0 Å². The second kappa shape index (κ2) is 9.28. The molecule has 6 nitrogen and oxygen atoms in total. The SMILES string of the molecule is CC1Nc2c(/C=C/c3ccc(N(C)C)cc3)nc(/C=C/c3ccc(N(C)C)cc3)c[n+]2C1=O. The van der Waals surface area contributed by atoms with Gasteiger partial charge in [-0.05, 0) is 54.5 Å². The number of fused-ring (bicyclic) bond motifs is 1. The Bertz CT molecular complexity index is 1210. The number of nitrogens with zero attached hydrogens (tertiary/aromatic N) is 4. The molecule has 2 aromatic carbocycles. The molecule has 0 fully saturated rings. The van der Waals surface area contributed by atoms with Crippen molar-refractivity contribution in [2.24, 2.45) is 0 Å². The molecular weight excluding hydrogens is 410 g/mol. The van der Waals surface area contributed by atoms with Gasteiger partial charge in [0.25, 0.3) is 0 Å². The summed E-state index contributed by atoms with van der Waals surface area (Å²) in [5.41, 5.74) is 5.89. The molecule has 0 bridgehead atoms. The zero-order chi connectivity index (χ0) is 23.5. The number of carbonyl (C=O) groups is 1. The molecule has 0 amide bonds. The average molecular weight is 441 g/mol. The van der Waals surface area contributed by atoms with Crippen LogP contribution in [0.3, 0.4) is 0 Å². The number of rotatable bonds is 6. The van der Waals surface area contributed by atoms with Gasteiger partial charge in [0.2, 0.25) is 0 Å². The van der Waals surface area contributed by atoms with E-state index in [1.807, 2.05) is 59.4 Å². The maximum Gasteiger partial charge on any atom is 0.358 e. The minimum atomic E-state index is -0.281. The molecule has 0 saturated heterocycles. The normalized spacial score (nSPS) is 15.2. The summed E-state index contributed by atoms with van der Waals surface area (Å²) < 4.78 is 1.67. The van der Waals surface area contributed by atoms with Gasteiger partial charge in [0.15, 0.2) is 11.7 Å². The fourth-order valence-electron chi connectivity index (χ4n) is 3.65. The highest BCUT2D eigenvalue weighted by Gasteiger charge is 2.37. The molecule has 1 aromatic heterocycles. The highest BCUT2D eigenvalue weighted by Crippen LogP contribution is 2.21. The Kier molecular flexibility index (Phi) is 6.27. The van der Waals surface area contributed by atoms with Crippen LogP contribution in [0.1, 0.15) is 34.2 Å². The zero-order valence-corrected chi connectivity index (χ0v) is 19.8. The molecule has 1 aliphatic heterocycles. The minimum absolute atomic E-state index is 0.0161. The maximum atomic E-state index is 12.7. The van der Waals surface area contributed by atoms with Crippen LogP contribution in [-0.4, -0.2) is 45.1 Å². The van der Waals surface area contributed by atoms with Gasteiger partial charge in [-0.25, -0.2) is 9.78 Å². The number of anilines is 3. The number of benzene rings is 2. The number of aromatic nitrogens is 2. The third kappa shape index (κ3) is 4.95. The average Bonchev–Trinajstić information content (AvgIpc) is 3.10. The molecule has 0 radical (unpaired) electrons. The van der Waals surface area contributed by atoms with Gasteiger partial charge < -0.3 is 9.80 Å². The van der Waals surface area contributed by atoms with E-state index in [1.165, 1.54) is 0 Å². The molecule has 0 spiro atoms. The summed E-state index contributed by atoms with van der Waals surface area (Å²) >= 11 is 0. The van der Waals surface area contributed by atoms with Crippen molar-refractivity contribution >= 4 is 47.4 Å². The van der Waals surface area contributed by atoms with Crippen LogP contribution in [0.15, 0.2) is 54.7 Å². The Balaban J connectivity index is 1.64. The van der Waals surface area contributed by atoms with Crippen LogP contribution in [-0.2, 0) is 0 Å². The van der Waals surface area contributed by atoms with Crippen molar-refractivity contribution in [1.29, 1.82) is 0 Å². The van der Waals surface area contributed by atoms with Crippen molar-refractivity contribution in [2.75, 3.05) is 43.3 Å². The fraction of sp³-hybridized carbons (Fsp3) is 0.222. The first kappa shape index (κ1) is 22.3. The van der Waals surface area contributed by atoms with E-state index in [0.717, 1.165) is 39.7 Å². The molecule has 1 atom stereocenters. The molecule has 1 unspecified atom stereocenters. The van der Waals surface area contributed by atoms with Crippen LogP contribution in [0.2, 0.25) is 0 Å². The Morgan fingerprint density at radius 3 is 1.85 bits per heavy atom. The standard InChI is InChI=1S/C27H29N5O/c1-19-27(33)32-18-22(12-6-20-7-13-23(14-8-20)30(2)3)29-25(26(32)28-19)17-11-21-9-15-24(16-10-21)31(4)5/h6-19H,1-5H3/p+1/b12-6+,17-11+. The summed E-state index contributed by atoms with van der Waals surface area (Å²) in [6.07, 6.45) is 9.72. The zero-order valence-electron chi connectivity index (χ0n) is 19.8. The molecule has 4 rings (SSSR count). The van der Waals surface area contributed by atoms with E-state index in [9.17, 15) is 4.79 Å². The van der Waals surface area contributed by atoms with Crippen LogP contribution < -0.4 is 19.7 Å². The van der Waals surface area contributed by atoms with Crippen molar-refractivity contribution in [3.63, 3.8) is 0 Å². The van der Waals surface area contributed by atoms with E-state index in [2.05, 4.69) is 63.6 Å². The van der Waals surface area contributed by atoms with Gasteiger partial charge in [0.1, 0.15) is 11.9 Å². The number of carbonyl (C=O) groups excluding carboxylic acids is 1.